The number of piperidine rings is 1. The Bertz CT molecular complexity index is 469. The topological polar surface area (TPSA) is 35.6 Å². The lowest BCUT2D eigenvalue weighted by Crippen LogP contribution is -2.36. The van der Waals surface area contributed by atoms with E-state index in [2.05, 4.69) is 23.2 Å². The summed E-state index contributed by atoms with van der Waals surface area (Å²) in [4.78, 5) is 16.8. The molecule has 1 aromatic carbocycles. The highest BCUT2D eigenvalue weighted by molar-refractivity contribution is 5.93. The molecule has 2 rings (SSSR count). The number of carbonyl (C=O) groups is 1. The first kappa shape index (κ1) is 16.7. The van der Waals surface area contributed by atoms with Gasteiger partial charge in [-0.1, -0.05) is 25.5 Å². The second-order valence-electron chi connectivity index (χ2n) is 5.93. The maximum Gasteiger partial charge on any atom is 0.321 e. The van der Waals surface area contributed by atoms with Crippen LogP contribution in [0.5, 0.6) is 0 Å². The fourth-order valence-corrected chi connectivity index (χ4v) is 2.94. The van der Waals surface area contributed by atoms with Gasteiger partial charge in [-0.15, -0.1) is 0 Å². The summed E-state index contributed by atoms with van der Waals surface area (Å²) in [7, 11) is 0. The minimum absolute atomic E-state index is 0.0143. The number of rotatable bonds is 6. The number of nitrogens with zero attached hydrogens (tertiary/aromatic N) is 2. The highest BCUT2D eigenvalue weighted by Crippen LogP contribution is 2.28. The standard InChI is InChI=1S/C18H29N3O/c1-3-5-13-20(4-2)18(22)19-16-11-7-8-12-17(16)21-14-9-6-10-15-21/h7-8,11-12H,3-6,9-10,13-15H2,1-2H3,(H,19,22). The molecular formula is C18H29N3O. The number of anilines is 2. The molecule has 4 heteroatoms. The fraction of sp³-hybridized carbons (Fsp3) is 0.611. The van der Waals surface area contributed by atoms with Crippen molar-refractivity contribution >= 4 is 17.4 Å². The number of para-hydroxylation sites is 2. The minimum atomic E-state index is 0.0143. The van der Waals surface area contributed by atoms with Gasteiger partial charge in [0.15, 0.2) is 0 Å². The summed E-state index contributed by atoms with van der Waals surface area (Å²) in [5.74, 6) is 0. The van der Waals surface area contributed by atoms with Crippen LogP contribution in [0.2, 0.25) is 0 Å². The molecule has 22 heavy (non-hydrogen) atoms. The molecule has 0 bridgehead atoms. The maximum absolute atomic E-state index is 12.5. The summed E-state index contributed by atoms with van der Waals surface area (Å²) in [6, 6.07) is 8.18. The van der Waals surface area contributed by atoms with Gasteiger partial charge in [0.25, 0.3) is 0 Å². The first-order chi connectivity index (χ1) is 10.8. The van der Waals surface area contributed by atoms with E-state index in [-0.39, 0.29) is 6.03 Å². The van der Waals surface area contributed by atoms with Crippen LogP contribution in [0.1, 0.15) is 46.0 Å². The zero-order valence-electron chi connectivity index (χ0n) is 14.0. The van der Waals surface area contributed by atoms with Gasteiger partial charge >= 0.3 is 6.03 Å². The van der Waals surface area contributed by atoms with Crippen molar-refractivity contribution in [2.24, 2.45) is 0 Å². The largest absolute Gasteiger partial charge is 0.370 e. The van der Waals surface area contributed by atoms with E-state index in [1.54, 1.807) is 0 Å². The number of nitrogens with one attached hydrogen (secondary N) is 1. The molecule has 1 aliphatic heterocycles. The molecule has 2 amide bonds. The molecule has 1 aliphatic rings. The van der Waals surface area contributed by atoms with Crippen molar-refractivity contribution in [2.45, 2.75) is 46.0 Å². The Kier molecular flexibility index (Phi) is 6.56. The Hall–Kier alpha value is -1.71. The summed E-state index contributed by atoms with van der Waals surface area (Å²) in [5.41, 5.74) is 2.09. The fourth-order valence-electron chi connectivity index (χ4n) is 2.94. The van der Waals surface area contributed by atoms with E-state index in [9.17, 15) is 4.79 Å². The van der Waals surface area contributed by atoms with E-state index in [1.807, 2.05) is 30.0 Å². The summed E-state index contributed by atoms with van der Waals surface area (Å²) in [6.07, 6.45) is 5.94. The van der Waals surface area contributed by atoms with Crippen molar-refractivity contribution in [3.63, 3.8) is 0 Å². The van der Waals surface area contributed by atoms with E-state index >= 15 is 0 Å². The normalized spacial score (nSPS) is 14.7. The monoisotopic (exact) mass is 303 g/mol. The van der Waals surface area contributed by atoms with Crippen LogP contribution in [0.4, 0.5) is 16.2 Å². The van der Waals surface area contributed by atoms with Crippen molar-refractivity contribution in [1.82, 2.24) is 4.90 Å². The molecule has 1 fully saturated rings. The molecule has 4 nitrogen and oxygen atoms in total. The summed E-state index contributed by atoms with van der Waals surface area (Å²) in [6.45, 7) is 7.92. The number of hydrogen-bond acceptors (Lipinski definition) is 2. The van der Waals surface area contributed by atoms with Crippen molar-refractivity contribution in [1.29, 1.82) is 0 Å². The lowest BCUT2D eigenvalue weighted by Gasteiger charge is -2.31. The lowest BCUT2D eigenvalue weighted by molar-refractivity contribution is 0.213. The van der Waals surface area contributed by atoms with Crippen LogP contribution in [-0.4, -0.2) is 37.1 Å². The van der Waals surface area contributed by atoms with Gasteiger partial charge in [0, 0.05) is 26.2 Å². The summed E-state index contributed by atoms with van der Waals surface area (Å²) < 4.78 is 0. The zero-order valence-corrected chi connectivity index (χ0v) is 14.0. The van der Waals surface area contributed by atoms with E-state index in [0.29, 0.717) is 0 Å². The molecule has 0 unspecified atom stereocenters. The SMILES string of the molecule is CCCCN(CC)C(=O)Nc1ccccc1N1CCCCC1. The van der Waals surface area contributed by atoms with Crippen molar-refractivity contribution in [3.8, 4) is 0 Å². The van der Waals surface area contributed by atoms with E-state index < -0.39 is 0 Å². The minimum Gasteiger partial charge on any atom is -0.370 e. The average Bonchev–Trinajstić information content (AvgIpc) is 2.57. The van der Waals surface area contributed by atoms with Crippen LogP contribution in [0.3, 0.4) is 0 Å². The van der Waals surface area contributed by atoms with Gasteiger partial charge < -0.3 is 15.1 Å². The van der Waals surface area contributed by atoms with Crippen molar-refractivity contribution in [3.05, 3.63) is 24.3 Å². The molecule has 0 atom stereocenters. The van der Waals surface area contributed by atoms with Crippen molar-refractivity contribution in [2.75, 3.05) is 36.4 Å². The number of unbranched alkanes of at least 4 members (excludes halogenated alkanes) is 1. The molecule has 0 radical (unpaired) electrons. The van der Waals surface area contributed by atoms with Crippen LogP contribution in [0.15, 0.2) is 24.3 Å². The Balaban J connectivity index is 2.06. The van der Waals surface area contributed by atoms with Crippen LogP contribution in [0, 0.1) is 0 Å². The number of amides is 2. The second kappa shape index (κ2) is 8.66. The highest BCUT2D eigenvalue weighted by Gasteiger charge is 2.17. The van der Waals surface area contributed by atoms with E-state index in [0.717, 1.165) is 50.4 Å². The third kappa shape index (κ3) is 4.39. The smallest absolute Gasteiger partial charge is 0.321 e. The Morgan fingerprint density at radius 3 is 2.59 bits per heavy atom. The first-order valence-corrected chi connectivity index (χ1v) is 8.66. The van der Waals surface area contributed by atoms with Gasteiger partial charge in [-0.05, 0) is 44.7 Å². The molecule has 0 saturated carbocycles. The number of benzene rings is 1. The maximum atomic E-state index is 12.5. The highest BCUT2D eigenvalue weighted by atomic mass is 16.2. The number of urea groups is 1. The van der Waals surface area contributed by atoms with Gasteiger partial charge in [-0.2, -0.15) is 0 Å². The van der Waals surface area contributed by atoms with Crippen molar-refractivity contribution < 1.29 is 4.79 Å². The van der Waals surface area contributed by atoms with Crippen LogP contribution >= 0.6 is 0 Å². The third-order valence-corrected chi connectivity index (χ3v) is 4.29. The summed E-state index contributed by atoms with van der Waals surface area (Å²) in [5, 5.41) is 3.11. The second-order valence-corrected chi connectivity index (χ2v) is 5.93. The Morgan fingerprint density at radius 1 is 1.18 bits per heavy atom. The molecule has 1 N–H and O–H groups in total. The average molecular weight is 303 g/mol. The molecular weight excluding hydrogens is 274 g/mol. The van der Waals surface area contributed by atoms with Gasteiger partial charge in [0.1, 0.15) is 0 Å². The Morgan fingerprint density at radius 2 is 1.91 bits per heavy atom. The molecule has 122 valence electrons. The lowest BCUT2D eigenvalue weighted by atomic mass is 10.1. The summed E-state index contributed by atoms with van der Waals surface area (Å²) >= 11 is 0. The van der Waals surface area contributed by atoms with Crippen LogP contribution in [0.25, 0.3) is 0 Å². The molecule has 0 spiro atoms. The molecule has 1 saturated heterocycles. The quantitative estimate of drug-likeness (QED) is 0.849. The van der Waals surface area contributed by atoms with E-state index in [1.165, 1.54) is 19.3 Å². The molecule has 0 aromatic heterocycles. The first-order valence-electron chi connectivity index (χ1n) is 8.66. The van der Waals surface area contributed by atoms with Gasteiger partial charge in [0.05, 0.1) is 11.4 Å². The van der Waals surface area contributed by atoms with Crippen LogP contribution in [-0.2, 0) is 0 Å². The third-order valence-electron chi connectivity index (χ3n) is 4.29. The number of hydrogen-bond donors (Lipinski definition) is 1. The number of carbonyl (C=O) groups excluding carboxylic acids is 1. The van der Waals surface area contributed by atoms with Gasteiger partial charge in [0.2, 0.25) is 0 Å². The predicted molar refractivity (Wildman–Crippen MR) is 93.7 cm³/mol. The van der Waals surface area contributed by atoms with Crippen LogP contribution < -0.4 is 10.2 Å². The van der Waals surface area contributed by atoms with Gasteiger partial charge in [-0.3, -0.25) is 0 Å². The van der Waals surface area contributed by atoms with E-state index in [4.69, 9.17) is 0 Å². The zero-order chi connectivity index (χ0) is 15.8. The Labute approximate surface area is 134 Å². The molecule has 1 heterocycles. The van der Waals surface area contributed by atoms with Gasteiger partial charge in [-0.25, -0.2) is 4.79 Å². The molecule has 0 aliphatic carbocycles. The predicted octanol–water partition coefficient (Wildman–Crippen LogP) is 4.33. The molecule has 1 aromatic rings.